The van der Waals surface area contributed by atoms with Crippen LogP contribution >= 0.6 is 0 Å². The lowest BCUT2D eigenvalue weighted by molar-refractivity contribution is -0.199. The van der Waals surface area contributed by atoms with Crippen molar-refractivity contribution in [2.24, 2.45) is 35.0 Å². The maximum absolute atomic E-state index is 11.9. The third-order valence-electron chi connectivity index (χ3n) is 5.69. The van der Waals surface area contributed by atoms with Crippen molar-refractivity contribution in [3.05, 3.63) is 0 Å². The average molecular weight is 302 g/mol. The van der Waals surface area contributed by atoms with Gasteiger partial charge >= 0.3 is 5.97 Å². The van der Waals surface area contributed by atoms with Gasteiger partial charge in [0.05, 0.1) is 24.2 Å². The Hall–Kier alpha value is -1.59. The van der Waals surface area contributed by atoms with Gasteiger partial charge in [-0.15, -0.1) is 0 Å². The van der Waals surface area contributed by atoms with E-state index in [1.807, 2.05) is 12.1 Å². The molecule has 2 aliphatic carbocycles. The Morgan fingerprint density at radius 2 is 2.00 bits per heavy atom. The number of nitrogens with zero attached hydrogens (tertiary/aromatic N) is 2. The predicted molar refractivity (Wildman–Crippen MR) is 76.7 cm³/mol. The molecule has 118 valence electrons. The Balaban J connectivity index is 1.74. The van der Waals surface area contributed by atoms with E-state index in [9.17, 15) is 15.3 Å². The quantitative estimate of drug-likeness (QED) is 0.748. The number of carbonyl (C=O) groups is 1. The zero-order valence-corrected chi connectivity index (χ0v) is 13.3. The summed E-state index contributed by atoms with van der Waals surface area (Å²) in [5.74, 6) is 0.0328. The molecular weight excluding hydrogens is 280 g/mol. The van der Waals surface area contributed by atoms with Crippen LogP contribution in [0.4, 0.5) is 0 Å². The van der Waals surface area contributed by atoms with Crippen LogP contribution in [0, 0.1) is 57.7 Å². The number of carbonyl (C=O) groups excluding carboxylic acids is 1. The molecule has 0 aromatic carbocycles. The predicted octanol–water partition coefficient (Wildman–Crippen LogP) is 2.63. The third kappa shape index (κ3) is 2.11. The Labute approximate surface area is 131 Å². The molecule has 0 spiro atoms. The van der Waals surface area contributed by atoms with E-state index in [0.717, 1.165) is 12.8 Å². The minimum Gasteiger partial charge on any atom is -0.435 e. The largest absolute Gasteiger partial charge is 0.435 e. The van der Waals surface area contributed by atoms with E-state index in [2.05, 4.69) is 20.8 Å². The van der Waals surface area contributed by atoms with Gasteiger partial charge in [-0.25, -0.2) is 0 Å². The van der Waals surface area contributed by atoms with E-state index >= 15 is 0 Å². The van der Waals surface area contributed by atoms with E-state index in [4.69, 9.17) is 9.47 Å². The van der Waals surface area contributed by atoms with Crippen molar-refractivity contribution in [1.82, 2.24) is 0 Å². The van der Waals surface area contributed by atoms with E-state index in [1.54, 1.807) is 0 Å². The van der Waals surface area contributed by atoms with Crippen LogP contribution in [0.3, 0.4) is 0 Å². The molecule has 0 N–H and O–H groups in total. The van der Waals surface area contributed by atoms with Crippen molar-refractivity contribution < 1.29 is 14.3 Å². The van der Waals surface area contributed by atoms with Crippen LogP contribution in [0.1, 0.15) is 40.0 Å². The third-order valence-corrected chi connectivity index (χ3v) is 5.69. The highest BCUT2D eigenvalue weighted by Crippen LogP contribution is 2.65. The lowest BCUT2D eigenvalue weighted by Crippen LogP contribution is -2.38. The Bertz CT molecular complexity index is 545. The van der Waals surface area contributed by atoms with E-state index < -0.39 is 29.5 Å². The Kier molecular flexibility index (Phi) is 3.65. The van der Waals surface area contributed by atoms with Gasteiger partial charge in [-0.2, -0.15) is 10.5 Å². The number of fused-ring (bicyclic) bond motifs is 1. The molecule has 3 fully saturated rings. The Morgan fingerprint density at radius 3 is 2.55 bits per heavy atom. The molecule has 22 heavy (non-hydrogen) atoms. The Morgan fingerprint density at radius 1 is 1.32 bits per heavy atom. The molecule has 5 nitrogen and oxygen atoms in total. The highest BCUT2D eigenvalue weighted by Gasteiger charge is 2.79. The first-order chi connectivity index (χ1) is 10.4. The molecular formula is C17H22N2O3. The molecule has 0 aromatic rings. The smallest absolute Gasteiger partial charge is 0.314 e. The number of esters is 1. The van der Waals surface area contributed by atoms with Gasteiger partial charge in [-0.1, -0.05) is 27.2 Å². The molecule has 0 bridgehead atoms. The zero-order valence-electron chi connectivity index (χ0n) is 13.3. The molecule has 0 aromatic heterocycles. The molecule has 3 aliphatic rings. The second-order valence-electron chi connectivity index (χ2n) is 7.40. The average Bonchev–Trinajstić information content (AvgIpc) is 3.05. The fraction of sp³-hybridized carbons (Fsp3) is 0.824. The summed E-state index contributed by atoms with van der Waals surface area (Å²) in [7, 11) is 0. The van der Waals surface area contributed by atoms with Crippen LogP contribution < -0.4 is 0 Å². The van der Waals surface area contributed by atoms with Gasteiger partial charge in [0.25, 0.3) is 0 Å². The fourth-order valence-electron chi connectivity index (χ4n) is 4.25. The summed E-state index contributed by atoms with van der Waals surface area (Å²) in [4.78, 5) is 11.9. The number of hydrogen-bond donors (Lipinski definition) is 0. The molecule has 1 saturated heterocycles. The lowest BCUT2D eigenvalue weighted by atomic mass is 9.75. The topological polar surface area (TPSA) is 83.1 Å². The molecule has 1 aliphatic heterocycles. The van der Waals surface area contributed by atoms with Crippen molar-refractivity contribution in [1.29, 1.82) is 10.5 Å². The van der Waals surface area contributed by atoms with Crippen LogP contribution in [0.5, 0.6) is 0 Å². The molecule has 6 atom stereocenters. The first-order valence-electron chi connectivity index (χ1n) is 8.13. The van der Waals surface area contributed by atoms with Gasteiger partial charge in [0.15, 0.2) is 5.41 Å². The number of rotatable bonds is 3. The minimum atomic E-state index is -1.23. The summed E-state index contributed by atoms with van der Waals surface area (Å²) >= 11 is 0. The standard InChI is InChI=1S/C17H22N2O3/c1-9(2)11-5-4-10(3)6-12(11)21-16-14-13(15(20)22-16)17(14,7-18)8-19/h9-14,16H,4-6H2,1-3H3/t10-,11+,12-,13+,14-,16-/m1/s1. The molecule has 2 saturated carbocycles. The SMILES string of the molecule is CC(C)[C@@H]1CC[C@@H](C)C[C@H]1O[C@@H]1OC(=O)[C@@H]2[C@H]1C2(C#N)C#N. The monoisotopic (exact) mass is 302 g/mol. The molecule has 3 rings (SSSR count). The molecule has 0 unspecified atom stereocenters. The van der Waals surface area contributed by atoms with E-state index in [-0.39, 0.29) is 6.10 Å². The second-order valence-corrected chi connectivity index (χ2v) is 7.40. The fourth-order valence-corrected chi connectivity index (χ4v) is 4.25. The van der Waals surface area contributed by atoms with Gasteiger partial charge in [0, 0.05) is 0 Å². The minimum absolute atomic E-state index is 0.0379. The molecule has 0 amide bonds. The number of ether oxygens (including phenoxy) is 2. The molecule has 5 heteroatoms. The molecule has 0 radical (unpaired) electrons. The number of cyclic esters (lactones) is 1. The summed E-state index contributed by atoms with van der Waals surface area (Å²) in [6.07, 6.45) is 2.56. The normalized spacial score (nSPS) is 42.2. The maximum Gasteiger partial charge on any atom is 0.314 e. The lowest BCUT2D eigenvalue weighted by Gasteiger charge is -2.38. The van der Waals surface area contributed by atoms with Crippen molar-refractivity contribution in [3.8, 4) is 12.1 Å². The first kappa shape index (κ1) is 15.3. The van der Waals surface area contributed by atoms with Gasteiger partial charge in [-0.3, -0.25) is 4.79 Å². The van der Waals surface area contributed by atoms with Crippen LogP contribution in [0.15, 0.2) is 0 Å². The zero-order chi connectivity index (χ0) is 16.1. The van der Waals surface area contributed by atoms with Crippen LogP contribution in [-0.2, 0) is 14.3 Å². The van der Waals surface area contributed by atoms with Crippen LogP contribution in [0.2, 0.25) is 0 Å². The number of nitriles is 2. The highest BCUT2D eigenvalue weighted by atomic mass is 16.7. The van der Waals surface area contributed by atoms with E-state index in [1.165, 1.54) is 6.42 Å². The summed E-state index contributed by atoms with van der Waals surface area (Å²) in [5, 5.41) is 18.5. The summed E-state index contributed by atoms with van der Waals surface area (Å²) in [6, 6.07) is 4.01. The summed E-state index contributed by atoms with van der Waals surface area (Å²) in [5.41, 5.74) is -1.23. The van der Waals surface area contributed by atoms with Gasteiger partial charge < -0.3 is 9.47 Å². The number of hydrogen-bond acceptors (Lipinski definition) is 5. The van der Waals surface area contributed by atoms with Crippen molar-refractivity contribution in [2.75, 3.05) is 0 Å². The highest BCUT2D eigenvalue weighted by molar-refractivity contribution is 5.83. The summed E-state index contributed by atoms with van der Waals surface area (Å²) in [6.45, 7) is 6.58. The summed E-state index contributed by atoms with van der Waals surface area (Å²) < 4.78 is 11.4. The van der Waals surface area contributed by atoms with E-state index in [0.29, 0.717) is 17.8 Å². The maximum atomic E-state index is 11.9. The van der Waals surface area contributed by atoms with Gasteiger partial charge in [0.1, 0.15) is 5.92 Å². The second kappa shape index (κ2) is 5.25. The molecule has 1 heterocycles. The first-order valence-corrected chi connectivity index (χ1v) is 8.13. The van der Waals surface area contributed by atoms with Crippen molar-refractivity contribution >= 4 is 5.97 Å². The van der Waals surface area contributed by atoms with Crippen LogP contribution in [0.25, 0.3) is 0 Å². The van der Waals surface area contributed by atoms with Gasteiger partial charge in [0.2, 0.25) is 6.29 Å². The van der Waals surface area contributed by atoms with Crippen molar-refractivity contribution in [3.63, 3.8) is 0 Å². The van der Waals surface area contributed by atoms with Crippen molar-refractivity contribution in [2.45, 2.75) is 52.4 Å². The van der Waals surface area contributed by atoms with Gasteiger partial charge in [-0.05, 0) is 30.6 Å². The van der Waals surface area contributed by atoms with Crippen LogP contribution in [-0.4, -0.2) is 18.4 Å².